The SMILES string of the molecule is COc1ccccc1C(N)C(=O)O. The van der Waals surface area contributed by atoms with Crippen LogP contribution in [0.3, 0.4) is 0 Å². The van der Waals surface area contributed by atoms with E-state index >= 15 is 0 Å². The second kappa shape index (κ2) is 3.91. The molecule has 0 saturated heterocycles. The number of nitrogens with two attached hydrogens (primary N) is 1. The van der Waals surface area contributed by atoms with Crippen LogP contribution in [0.2, 0.25) is 0 Å². The van der Waals surface area contributed by atoms with Crippen molar-refractivity contribution in [3.05, 3.63) is 29.8 Å². The van der Waals surface area contributed by atoms with Crippen LogP contribution in [0, 0.1) is 0 Å². The molecular formula is C9H11NO3. The average molecular weight is 181 g/mol. The van der Waals surface area contributed by atoms with Gasteiger partial charge in [-0.2, -0.15) is 0 Å². The minimum atomic E-state index is -1.07. The second-order valence-corrected chi connectivity index (χ2v) is 2.56. The summed E-state index contributed by atoms with van der Waals surface area (Å²) in [7, 11) is 1.48. The Labute approximate surface area is 75.9 Å². The highest BCUT2D eigenvalue weighted by Gasteiger charge is 2.17. The number of rotatable bonds is 3. The average Bonchev–Trinajstić information content (AvgIpc) is 2.16. The highest BCUT2D eigenvalue weighted by molar-refractivity contribution is 5.76. The fraction of sp³-hybridized carbons (Fsp3) is 0.222. The molecule has 1 atom stereocenters. The standard InChI is InChI=1S/C9H11NO3/c1-13-7-5-3-2-4-6(7)8(10)9(11)12/h2-5,8H,10H2,1H3,(H,11,12). The van der Waals surface area contributed by atoms with Gasteiger partial charge in [-0.3, -0.25) is 4.79 Å². The summed E-state index contributed by atoms with van der Waals surface area (Å²) in [6.07, 6.45) is 0. The largest absolute Gasteiger partial charge is 0.496 e. The fourth-order valence-corrected chi connectivity index (χ4v) is 1.06. The fourth-order valence-electron chi connectivity index (χ4n) is 1.06. The Kier molecular flexibility index (Phi) is 2.87. The minimum absolute atomic E-state index is 0.484. The van der Waals surface area contributed by atoms with Crippen molar-refractivity contribution in [3.63, 3.8) is 0 Å². The van der Waals surface area contributed by atoms with E-state index in [0.717, 1.165) is 0 Å². The first kappa shape index (κ1) is 9.54. The van der Waals surface area contributed by atoms with Gasteiger partial charge in [0.2, 0.25) is 0 Å². The van der Waals surface area contributed by atoms with E-state index < -0.39 is 12.0 Å². The van der Waals surface area contributed by atoms with Crippen LogP contribution in [0.1, 0.15) is 11.6 Å². The molecule has 0 aromatic heterocycles. The molecule has 0 amide bonds. The van der Waals surface area contributed by atoms with Gasteiger partial charge in [-0.15, -0.1) is 0 Å². The van der Waals surface area contributed by atoms with Crippen molar-refractivity contribution in [2.24, 2.45) is 5.73 Å². The van der Waals surface area contributed by atoms with Gasteiger partial charge >= 0.3 is 5.97 Å². The lowest BCUT2D eigenvalue weighted by Gasteiger charge is -2.10. The lowest BCUT2D eigenvalue weighted by atomic mass is 10.1. The Morgan fingerprint density at radius 1 is 1.54 bits per heavy atom. The number of methoxy groups -OCH3 is 1. The molecule has 1 unspecified atom stereocenters. The normalized spacial score (nSPS) is 12.2. The molecule has 13 heavy (non-hydrogen) atoms. The maximum Gasteiger partial charge on any atom is 0.325 e. The zero-order valence-electron chi connectivity index (χ0n) is 7.23. The molecule has 70 valence electrons. The molecular weight excluding hydrogens is 170 g/mol. The van der Waals surface area contributed by atoms with Gasteiger partial charge in [0.1, 0.15) is 11.8 Å². The Morgan fingerprint density at radius 2 is 2.15 bits per heavy atom. The Balaban J connectivity index is 3.05. The van der Waals surface area contributed by atoms with Crippen molar-refractivity contribution < 1.29 is 14.6 Å². The third-order valence-corrected chi connectivity index (χ3v) is 1.74. The van der Waals surface area contributed by atoms with Crippen molar-refractivity contribution >= 4 is 5.97 Å². The lowest BCUT2D eigenvalue weighted by Crippen LogP contribution is -2.21. The van der Waals surface area contributed by atoms with E-state index in [9.17, 15) is 4.79 Å². The van der Waals surface area contributed by atoms with Gasteiger partial charge in [0.15, 0.2) is 0 Å². The van der Waals surface area contributed by atoms with Crippen LogP contribution in [0.15, 0.2) is 24.3 Å². The highest BCUT2D eigenvalue weighted by Crippen LogP contribution is 2.22. The Morgan fingerprint density at radius 3 is 2.69 bits per heavy atom. The van der Waals surface area contributed by atoms with E-state index in [4.69, 9.17) is 15.6 Å². The van der Waals surface area contributed by atoms with Gasteiger partial charge in [0.25, 0.3) is 0 Å². The zero-order valence-corrected chi connectivity index (χ0v) is 7.23. The van der Waals surface area contributed by atoms with Crippen molar-refractivity contribution in [1.82, 2.24) is 0 Å². The minimum Gasteiger partial charge on any atom is -0.496 e. The van der Waals surface area contributed by atoms with E-state index in [1.165, 1.54) is 7.11 Å². The monoisotopic (exact) mass is 181 g/mol. The molecule has 0 spiro atoms. The molecule has 0 saturated carbocycles. The van der Waals surface area contributed by atoms with Gasteiger partial charge in [-0.25, -0.2) is 0 Å². The summed E-state index contributed by atoms with van der Waals surface area (Å²) in [5.74, 6) is -0.568. The van der Waals surface area contributed by atoms with Gasteiger partial charge in [0.05, 0.1) is 7.11 Å². The van der Waals surface area contributed by atoms with Gasteiger partial charge in [-0.05, 0) is 6.07 Å². The van der Waals surface area contributed by atoms with E-state index in [-0.39, 0.29) is 0 Å². The van der Waals surface area contributed by atoms with E-state index in [2.05, 4.69) is 0 Å². The third-order valence-electron chi connectivity index (χ3n) is 1.74. The molecule has 4 nitrogen and oxygen atoms in total. The Hall–Kier alpha value is -1.55. The predicted molar refractivity (Wildman–Crippen MR) is 47.6 cm³/mol. The molecule has 0 aliphatic heterocycles. The number of ether oxygens (including phenoxy) is 1. The Bertz CT molecular complexity index is 311. The molecule has 0 fully saturated rings. The molecule has 0 aliphatic rings. The van der Waals surface area contributed by atoms with Gasteiger partial charge < -0.3 is 15.6 Å². The molecule has 1 rings (SSSR count). The maximum atomic E-state index is 10.6. The number of hydrogen-bond acceptors (Lipinski definition) is 3. The van der Waals surface area contributed by atoms with Crippen molar-refractivity contribution in [1.29, 1.82) is 0 Å². The van der Waals surface area contributed by atoms with Crippen LogP contribution in [0.4, 0.5) is 0 Å². The number of carboxylic acid groups (broad SMARTS) is 1. The number of carbonyl (C=O) groups is 1. The highest BCUT2D eigenvalue weighted by atomic mass is 16.5. The van der Waals surface area contributed by atoms with Crippen molar-refractivity contribution in [2.45, 2.75) is 6.04 Å². The van der Waals surface area contributed by atoms with Crippen LogP contribution < -0.4 is 10.5 Å². The second-order valence-electron chi connectivity index (χ2n) is 2.56. The maximum absolute atomic E-state index is 10.6. The van der Waals surface area contributed by atoms with Crippen LogP contribution in [0.5, 0.6) is 5.75 Å². The number of hydrogen-bond donors (Lipinski definition) is 2. The van der Waals surface area contributed by atoms with E-state index in [1.807, 2.05) is 0 Å². The topological polar surface area (TPSA) is 72.5 Å². The first-order valence-electron chi connectivity index (χ1n) is 3.78. The number of para-hydroxylation sites is 1. The summed E-state index contributed by atoms with van der Waals surface area (Å²) in [5, 5.41) is 8.67. The van der Waals surface area contributed by atoms with Gasteiger partial charge in [0, 0.05) is 5.56 Å². The zero-order chi connectivity index (χ0) is 9.84. The molecule has 4 heteroatoms. The third kappa shape index (κ3) is 1.97. The van der Waals surface area contributed by atoms with Crippen molar-refractivity contribution in [2.75, 3.05) is 7.11 Å². The first-order chi connectivity index (χ1) is 6.16. The summed E-state index contributed by atoms with van der Waals surface area (Å²) < 4.78 is 4.97. The first-order valence-corrected chi connectivity index (χ1v) is 3.78. The van der Waals surface area contributed by atoms with Crippen LogP contribution in [0.25, 0.3) is 0 Å². The molecule has 0 radical (unpaired) electrons. The molecule has 1 aromatic carbocycles. The van der Waals surface area contributed by atoms with Crippen LogP contribution in [-0.4, -0.2) is 18.2 Å². The quantitative estimate of drug-likeness (QED) is 0.722. The van der Waals surface area contributed by atoms with Crippen molar-refractivity contribution in [3.8, 4) is 5.75 Å². The van der Waals surface area contributed by atoms with Crippen LogP contribution in [-0.2, 0) is 4.79 Å². The summed E-state index contributed by atoms with van der Waals surface area (Å²) in [4.78, 5) is 10.6. The van der Waals surface area contributed by atoms with Gasteiger partial charge in [-0.1, -0.05) is 18.2 Å². The number of aliphatic carboxylic acids is 1. The summed E-state index contributed by atoms with van der Waals surface area (Å²) >= 11 is 0. The predicted octanol–water partition coefficient (Wildman–Crippen LogP) is 0.780. The number of carboxylic acids is 1. The summed E-state index contributed by atoms with van der Waals surface area (Å²) in [6, 6.07) is 5.77. The smallest absolute Gasteiger partial charge is 0.325 e. The molecule has 0 heterocycles. The lowest BCUT2D eigenvalue weighted by molar-refractivity contribution is -0.138. The van der Waals surface area contributed by atoms with E-state index in [0.29, 0.717) is 11.3 Å². The number of benzene rings is 1. The molecule has 0 aliphatic carbocycles. The molecule has 0 bridgehead atoms. The molecule has 1 aromatic rings. The van der Waals surface area contributed by atoms with E-state index in [1.54, 1.807) is 24.3 Å². The molecule has 3 N–H and O–H groups in total. The summed E-state index contributed by atoms with van der Waals surface area (Å²) in [5.41, 5.74) is 5.92. The van der Waals surface area contributed by atoms with Crippen LogP contribution >= 0.6 is 0 Å². The summed E-state index contributed by atoms with van der Waals surface area (Å²) in [6.45, 7) is 0.